The number of fused-ring (bicyclic) bond motifs is 3. The Labute approximate surface area is 161 Å². The van der Waals surface area contributed by atoms with Crippen molar-refractivity contribution >= 4 is 11.4 Å². The molecule has 0 aromatic heterocycles. The molecule has 8 heteroatoms. The fourth-order valence-electron chi connectivity index (χ4n) is 3.09. The predicted molar refractivity (Wildman–Crippen MR) is 104 cm³/mol. The third-order valence-electron chi connectivity index (χ3n) is 4.50. The van der Waals surface area contributed by atoms with Gasteiger partial charge < -0.3 is 30.6 Å². The second-order valence-corrected chi connectivity index (χ2v) is 6.45. The summed E-state index contributed by atoms with van der Waals surface area (Å²) in [4.78, 5) is 8.83. The molecule has 2 aromatic carbocycles. The van der Waals surface area contributed by atoms with Crippen molar-refractivity contribution < 1.29 is 30.6 Å². The topological polar surface area (TPSA) is 146 Å². The standard InChI is InChI=1S/C20H22N2O6/c23-7-11(8-24)21-19-17-5-13(27)1-3-15(17)16-4-2-14(28)6-18(16)20(19)22-12(9-25)10-26/h1-6,11-12,23-28H,7-10H2. The minimum Gasteiger partial charge on any atom is -0.508 e. The van der Waals surface area contributed by atoms with Gasteiger partial charge in [-0.15, -0.1) is 0 Å². The largest absolute Gasteiger partial charge is 0.508 e. The van der Waals surface area contributed by atoms with Gasteiger partial charge in [0.25, 0.3) is 0 Å². The summed E-state index contributed by atoms with van der Waals surface area (Å²) < 4.78 is 0. The summed E-state index contributed by atoms with van der Waals surface area (Å²) in [5.74, 6) is -0.00289. The van der Waals surface area contributed by atoms with Crippen LogP contribution in [0.4, 0.5) is 0 Å². The van der Waals surface area contributed by atoms with Gasteiger partial charge in [-0.05, 0) is 35.4 Å². The van der Waals surface area contributed by atoms with Crippen LogP contribution in [0.1, 0.15) is 11.1 Å². The third-order valence-corrected chi connectivity index (χ3v) is 4.50. The van der Waals surface area contributed by atoms with Crippen molar-refractivity contribution in [1.29, 1.82) is 0 Å². The first-order valence-corrected chi connectivity index (χ1v) is 8.78. The van der Waals surface area contributed by atoms with Crippen LogP contribution >= 0.6 is 0 Å². The highest BCUT2D eigenvalue weighted by Crippen LogP contribution is 2.37. The van der Waals surface area contributed by atoms with Gasteiger partial charge in [0.05, 0.1) is 49.9 Å². The molecule has 8 nitrogen and oxygen atoms in total. The number of hydrogen-bond acceptors (Lipinski definition) is 8. The molecular formula is C20H22N2O6. The highest BCUT2D eigenvalue weighted by Gasteiger charge is 2.29. The van der Waals surface area contributed by atoms with Gasteiger partial charge >= 0.3 is 0 Å². The van der Waals surface area contributed by atoms with Crippen molar-refractivity contribution in [1.82, 2.24) is 0 Å². The van der Waals surface area contributed by atoms with E-state index in [0.29, 0.717) is 11.1 Å². The summed E-state index contributed by atoms with van der Waals surface area (Å²) in [6.07, 6.45) is 0. The molecule has 1 aliphatic carbocycles. The second-order valence-electron chi connectivity index (χ2n) is 6.45. The quantitative estimate of drug-likeness (QED) is 0.414. The van der Waals surface area contributed by atoms with Crippen LogP contribution in [-0.4, -0.2) is 80.6 Å². The third kappa shape index (κ3) is 3.76. The van der Waals surface area contributed by atoms with E-state index in [2.05, 4.69) is 9.98 Å². The van der Waals surface area contributed by atoms with E-state index in [1.54, 1.807) is 12.1 Å². The number of aliphatic hydroxyl groups is 4. The Hall–Kier alpha value is -2.78. The molecule has 0 amide bonds. The number of hydrogen-bond donors (Lipinski definition) is 6. The first-order valence-electron chi connectivity index (χ1n) is 8.78. The van der Waals surface area contributed by atoms with Gasteiger partial charge in [-0.3, -0.25) is 9.98 Å². The zero-order valence-electron chi connectivity index (χ0n) is 15.0. The number of aliphatic hydroxyl groups excluding tert-OH is 4. The lowest BCUT2D eigenvalue weighted by Gasteiger charge is -2.26. The number of phenolic OH excluding ortho intramolecular Hbond substituents is 2. The van der Waals surface area contributed by atoms with Crippen LogP contribution in [0.3, 0.4) is 0 Å². The molecule has 6 N–H and O–H groups in total. The second kappa shape index (κ2) is 8.49. The van der Waals surface area contributed by atoms with Crippen LogP contribution in [0.25, 0.3) is 11.1 Å². The molecule has 3 rings (SSSR count). The van der Waals surface area contributed by atoms with Gasteiger partial charge in [-0.2, -0.15) is 0 Å². The van der Waals surface area contributed by atoms with Crippen LogP contribution in [0.15, 0.2) is 46.4 Å². The molecule has 2 aromatic rings. The Morgan fingerprint density at radius 2 is 0.929 bits per heavy atom. The summed E-state index contributed by atoms with van der Waals surface area (Å²) in [5.41, 5.74) is 3.07. The van der Waals surface area contributed by atoms with Crippen LogP contribution in [0.5, 0.6) is 11.5 Å². The Bertz CT molecular complexity index is 841. The lowest BCUT2D eigenvalue weighted by Crippen LogP contribution is -2.30. The number of nitrogens with zero attached hydrogens (tertiary/aromatic N) is 2. The number of aromatic hydroxyl groups is 2. The van der Waals surface area contributed by atoms with Crippen LogP contribution in [0.2, 0.25) is 0 Å². The van der Waals surface area contributed by atoms with Gasteiger partial charge in [0.15, 0.2) is 0 Å². The van der Waals surface area contributed by atoms with Gasteiger partial charge in [0.2, 0.25) is 0 Å². The summed E-state index contributed by atoms with van der Waals surface area (Å²) in [7, 11) is 0. The molecule has 0 unspecified atom stereocenters. The maximum atomic E-state index is 9.99. The molecule has 0 radical (unpaired) electrons. The summed E-state index contributed by atoms with van der Waals surface area (Å²) >= 11 is 0. The molecule has 1 aliphatic rings. The molecule has 0 aliphatic heterocycles. The minimum atomic E-state index is -0.823. The van der Waals surface area contributed by atoms with Crippen molar-refractivity contribution in [3.63, 3.8) is 0 Å². The highest BCUT2D eigenvalue weighted by atomic mass is 16.3. The lowest BCUT2D eigenvalue weighted by atomic mass is 9.82. The van der Waals surface area contributed by atoms with Gasteiger partial charge in [0.1, 0.15) is 11.5 Å². The predicted octanol–water partition coefficient (Wildman–Crippen LogP) is 0.0630. The van der Waals surface area contributed by atoms with Crippen molar-refractivity contribution in [2.75, 3.05) is 26.4 Å². The van der Waals surface area contributed by atoms with Gasteiger partial charge in [0, 0.05) is 11.1 Å². The first-order chi connectivity index (χ1) is 13.5. The monoisotopic (exact) mass is 386 g/mol. The molecule has 28 heavy (non-hydrogen) atoms. The fourth-order valence-corrected chi connectivity index (χ4v) is 3.09. The fraction of sp³-hybridized carbons (Fsp3) is 0.300. The maximum absolute atomic E-state index is 9.99. The maximum Gasteiger partial charge on any atom is 0.116 e. The molecular weight excluding hydrogens is 364 g/mol. The van der Waals surface area contributed by atoms with Gasteiger partial charge in [-0.1, -0.05) is 12.1 Å². The van der Waals surface area contributed by atoms with Crippen LogP contribution in [0, 0.1) is 0 Å². The zero-order valence-corrected chi connectivity index (χ0v) is 15.0. The van der Waals surface area contributed by atoms with E-state index < -0.39 is 38.5 Å². The smallest absolute Gasteiger partial charge is 0.116 e. The first kappa shape index (κ1) is 20.0. The summed E-state index contributed by atoms with van der Waals surface area (Å²) in [5, 5.41) is 57.9. The molecule has 0 atom stereocenters. The van der Waals surface area contributed by atoms with Crippen molar-refractivity contribution in [3.05, 3.63) is 47.5 Å². The molecule has 0 heterocycles. The molecule has 0 spiro atoms. The lowest BCUT2D eigenvalue weighted by molar-refractivity contribution is 0.194. The number of benzene rings is 2. The van der Waals surface area contributed by atoms with Gasteiger partial charge in [-0.25, -0.2) is 0 Å². The van der Waals surface area contributed by atoms with Crippen LogP contribution in [-0.2, 0) is 0 Å². The molecule has 148 valence electrons. The molecule has 0 saturated heterocycles. The van der Waals surface area contributed by atoms with E-state index >= 15 is 0 Å². The minimum absolute atomic E-state index is 0.00144. The normalized spacial score (nSPS) is 16.1. The molecule has 0 fully saturated rings. The zero-order chi connectivity index (χ0) is 20.3. The Kier molecular flexibility index (Phi) is 6.05. The van der Waals surface area contributed by atoms with Crippen molar-refractivity contribution in [2.45, 2.75) is 12.1 Å². The summed E-state index contributed by atoms with van der Waals surface area (Å²) in [6.45, 7) is -1.62. The van der Waals surface area contributed by atoms with Crippen LogP contribution < -0.4 is 0 Å². The van der Waals surface area contributed by atoms with Crippen molar-refractivity contribution in [2.24, 2.45) is 9.98 Å². The number of phenols is 2. The Balaban J connectivity index is 2.35. The molecule has 0 saturated carbocycles. The molecule has 0 bridgehead atoms. The van der Waals surface area contributed by atoms with E-state index in [9.17, 15) is 30.6 Å². The Morgan fingerprint density at radius 3 is 1.25 bits per heavy atom. The van der Waals surface area contributed by atoms with E-state index in [0.717, 1.165) is 11.1 Å². The summed E-state index contributed by atoms with van der Waals surface area (Å²) in [6, 6.07) is 7.80. The van der Waals surface area contributed by atoms with E-state index in [4.69, 9.17) is 0 Å². The highest BCUT2D eigenvalue weighted by molar-refractivity contribution is 6.57. The number of aliphatic imine (C=N–C) groups is 2. The Morgan fingerprint density at radius 1 is 0.571 bits per heavy atom. The van der Waals surface area contributed by atoms with Crippen molar-refractivity contribution in [3.8, 4) is 22.6 Å². The van der Waals surface area contributed by atoms with E-state index in [1.807, 2.05) is 0 Å². The SMILES string of the molecule is OCC(CO)N=C1C(=NC(CO)CO)c2cc(O)ccc2-c2ccc(O)cc21. The van der Waals surface area contributed by atoms with E-state index in [1.165, 1.54) is 24.3 Å². The average molecular weight is 386 g/mol. The van der Waals surface area contributed by atoms with E-state index in [-0.39, 0.29) is 22.9 Å². The number of rotatable bonds is 6. The average Bonchev–Trinajstić information content (AvgIpc) is 2.70.